The molecule has 3 aromatic rings. The molecule has 3 aromatic carbocycles. The van der Waals surface area contributed by atoms with Gasteiger partial charge in [-0.05, 0) is 54.4 Å². The fourth-order valence-electron chi connectivity index (χ4n) is 3.23. The molecule has 0 aliphatic carbocycles. The summed E-state index contributed by atoms with van der Waals surface area (Å²) in [7, 11) is 0. The molecule has 1 aliphatic heterocycles. The summed E-state index contributed by atoms with van der Waals surface area (Å²) < 4.78 is 41.0. The van der Waals surface area contributed by atoms with Gasteiger partial charge in [-0.15, -0.1) is 13.2 Å². The smallest absolute Gasteiger partial charge is 0.406 e. The Morgan fingerprint density at radius 3 is 2.62 bits per heavy atom. The number of benzene rings is 3. The molecular weight excluding hydrogens is 441 g/mol. The van der Waals surface area contributed by atoms with Crippen LogP contribution in [0.3, 0.4) is 0 Å². The predicted octanol–water partition coefficient (Wildman–Crippen LogP) is 5.27. The molecule has 32 heavy (non-hydrogen) atoms. The van der Waals surface area contributed by atoms with E-state index in [1.54, 1.807) is 36.4 Å². The second kappa shape index (κ2) is 8.96. The second-order valence-electron chi connectivity index (χ2n) is 6.96. The molecule has 0 radical (unpaired) electrons. The number of rotatable bonds is 5. The third kappa shape index (κ3) is 5.23. The van der Waals surface area contributed by atoms with E-state index in [-0.39, 0.29) is 24.1 Å². The Kier molecular flexibility index (Phi) is 6.09. The molecule has 0 fully saturated rings. The lowest BCUT2D eigenvalue weighted by Crippen LogP contribution is -2.26. The van der Waals surface area contributed by atoms with Gasteiger partial charge in [0.25, 0.3) is 11.8 Å². The van der Waals surface area contributed by atoms with Crippen molar-refractivity contribution in [2.45, 2.75) is 22.6 Å². The minimum atomic E-state index is -4.76. The lowest BCUT2D eigenvalue weighted by Gasteiger charge is -2.11. The molecule has 1 aliphatic rings. The van der Waals surface area contributed by atoms with Gasteiger partial charge in [0.05, 0.1) is 11.3 Å². The van der Waals surface area contributed by atoms with Gasteiger partial charge in [0.15, 0.2) is 0 Å². The number of halogens is 3. The van der Waals surface area contributed by atoms with E-state index in [2.05, 4.69) is 15.4 Å². The van der Waals surface area contributed by atoms with E-state index in [0.29, 0.717) is 28.8 Å². The molecule has 0 saturated heterocycles. The van der Waals surface area contributed by atoms with Gasteiger partial charge in [-0.1, -0.05) is 36.0 Å². The van der Waals surface area contributed by atoms with E-state index in [0.717, 1.165) is 9.79 Å². The lowest BCUT2D eigenvalue weighted by molar-refractivity contribution is -0.274. The Labute approximate surface area is 186 Å². The quantitative estimate of drug-likeness (QED) is 0.546. The lowest BCUT2D eigenvalue weighted by atomic mass is 10.1. The number of hydrogen-bond donors (Lipinski definition) is 2. The van der Waals surface area contributed by atoms with Gasteiger partial charge < -0.3 is 15.4 Å². The van der Waals surface area contributed by atoms with Gasteiger partial charge >= 0.3 is 6.36 Å². The number of alkyl halides is 3. The summed E-state index contributed by atoms with van der Waals surface area (Å²) in [5.74, 6) is -0.900. The topological polar surface area (TPSA) is 67.4 Å². The maximum absolute atomic E-state index is 12.6. The number of hydrogen-bond acceptors (Lipinski definition) is 4. The van der Waals surface area contributed by atoms with Gasteiger partial charge in [0.2, 0.25) is 0 Å². The zero-order chi connectivity index (χ0) is 22.7. The molecule has 0 aromatic heterocycles. The number of carbonyl (C=O) groups excluding carboxylic acids is 2. The molecule has 4 rings (SSSR count). The minimum absolute atomic E-state index is 0.220. The summed E-state index contributed by atoms with van der Waals surface area (Å²) in [6, 6.07) is 17.9. The maximum Gasteiger partial charge on any atom is 0.573 e. The van der Waals surface area contributed by atoms with Crippen LogP contribution in [0, 0.1) is 0 Å². The van der Waals surface area contributed by atoms with Crippen LogP contribution in [-0.4, -0.2) is 24.7 Å². The first-order chi connectivity index (χ1) is 15.3. The van der Waals surface area contributed by atoms with Crippen LogP contribution in [0.1, 0.15) is 26.3 Å². The van der Waals surface area contributed by atoms with Crippen molar-refractivity contribution in [2.75, 3.05) is 11.9 Å². The molecule has 0 spiro atoms. The Morgan fingerprint density at radius 2 is 1.81 bits per heavy atom. The first-order valence-corrected chi connectivity index (χ1v) is 10.5. The normalized spacial score (nSPS) is 12.8. The van der Waals surface area contributed by atoms with Crippen LogP contribution in [0.2, 0.25) is 0 Å². The van der Waals surface area contributed by atoms with E-state index in [9.17, 15) is 22.8 Å². The minimum Gasteiger partial charge on any atom is -0.406 e. The van der Waals surface area contributed by atoms with Gasteiger partial charge in [-0.2, -0.15) is 0 Å². The summed E-state index contributed by atoms with van der Waals surface area (Å²) in [6.07, 6.45) is -4.43. The highest BCUT2D eigenvalue weighted by atomic mass is 32.2. The van der Waals surface area contributed by atoms with Crippen molar-refractivity contribution >= 4 is 29.3 Å². The molecule has 9 heteroatoms. The van der Waals surface area contributed by atoms with Crippen molar-refractivity contribution in [3.05, 3.63) is 83.4 Å². The van der Waals surface area contributed by atoms with Crippen LogP contribution in [0.4, 0.5) is 18.9 Å². The molecule has 0 bridgehead atoms. The summed E-state index contributed by atoms with van der Waals surface area (Å²) >= 11 is 1.44. The van der Waals surface area contributed by atoms with Crippen molar-refractivity contribution in [2.24, 2.45) is 0 Å². The number of fused-ring (bicyclic) bond motifs is 2. The number of anilines is 1. The highest BCUT2D eigenvalue weighted by molar-refractivity contribution is 7.99. The maximum atomic E-state index is 12.6. The Balaban J connectivity index is 1.40. The highest BCUT2D eigenvalue weighted by Gasteiger charge is 2.31. The third-order valence-corrected chi connectivity index (χ3v) is 5.82. The molecule has 2 amide bonds. The van der Waals surface area contributed by atoms with Crippen molar-refractivity contribution in [1.29, 1.82) is 0 Å². The first-order valence-electron chi connectivity index (χ1n) is 9.64. The number of ether oxygens (including phenoxy) is 1. The van der Waals surface area contributed by atoms with Crippen LogP contribution >= 0.6 is 11.8 Å². The van der Waals surface area contributed by atoms with Gasteiger partial charge in [0, 0.05) is 21.9 Å². The average Bonchev–Trinajstić information content (AvgIpc) is 2.88. The number of carbonyl (C=O) groups is 2. The Morgan fingerprint density at radius 1 is 1.00 bits per heavy atom. The van der Waals surface area contributed by atoms with E-state index < -0.39 is 6.36 Å². The standard InChI is InChI=1S/C23H17F3N2O3S/c24-23(25,26)31-16-5-3-4-14(12-16)10-11-27-21(29)15-8-9-20-18(13-15)28-22(30)17-6-1-2-7-19(17)32-20/h1-9,12-13H,10-11H2,(H,27,29)(H,28,30). The Hall–Kier alpha value is -3.46. The average molecular weight is 458 g/mol. The van der Waals surface area contributed by atoms with Gasteiger partial charge in [0.1, 0.15) is 5.75 Å². The summed E-state index contributed by atoms with van der Waals surface area (Å²) in [5, 5.41) is 5.58. The number of nitrogens with one attached hydrogen (secondary N) is 2. The first kappa shape index (κ1) is 21.8. The monoisotopic (exact) mass is 458 g/mol. The molecular formula is C23H17F3N2O3S. The fourth-order valence-corrected chi connectivity index (χ4v) is 4.24. The molecule has 164 valence electrons. The van der Waals surface area contributed by atoms with Crippen LogP contribution < -0.4 is 15.4 Å². The van der Waals surface area contributed by atoms with Crippen molar-refractivity contribution in [1.82, 2.24) is 5.32 Å². The summed E-state index contributed by atoms with van der Waals surface area (Å²) in [5.41, 5.74) is 2.07. The largest absolute Gasteiger partial charge is 0.573 e. The van der Waals surface area contributed by atoms with Crippen molar-refractivity contribution in [3.8, 4) is 5.75 Å². The second-order valence-corrected chi connectivity index (χ2v) is 8.05. The summed E-state index contributed by atoms with van der Waals surface area (Å²) in [4.78, 5) is 26.7. The molecule has 0 unspecified atom stereocenters. The Bertz CT molecular complexity index is 1180. The third-order valence-electron chi connectivity index (χ3n) is 4.67. The molecule has 1 heterocycles. The molecule has 0 atom stereocenters. The fraction of sp³-hybridized carbons (Fsp3) is 0.130. The van der Waals surface area contributed by atoms with E-state index in [1.807, 2.05) is 12.1 Å². The SMILES string of the molecule is O=C(NCCc1cccc(OC(F)(F)F)c1)c1ccc2c(c1)NC(=O)c1ccccc1S2. The van der Waals surface area contributed by atoms with E-state index in [4.69, 9.17) is 0 Å². The van der Waals surface area contributed by atoms with Crippen LogP contribution in [0.15, 0.2) is 76.5 Å². The molecule has 2 N–H and O–H groups in total. The zero-order valence-corrected chi connectivity index (χ0v) is 17.3. The molecule has 5 nitrogen and oxygen atoms in total. The number of amides is 2. The van der Waals surface area contributed by atoms with Crippen LogP contribution in [0.5, 0.6) is 5.75 Å². The van der Waals surface area contributed by atoms with E-state index >= 15 is 0 Å². The summed E-state index contributed by atoms with van der Waals surface area (Å²) in [6.45, 7) is 0.220. The zero-order valence-electron chi connectivity index (χ0n) is 16.5. The van der Waals surface area contributed by atoms with Gasteiger partial charge in [-0.25, -0.2) is 0 Å². The molecule has 0 saturated carbocycles. The van der Waals surface area contributed by atoms with Crippen LogP contribution in [0.25, 0.3) is 0 Å². The van der Waals surface area contributed by atoms with Crippen molar-refractivity contribution < 1.29 is 27.5 Å². The van der Waals surface area contributed by atoms with Gasteiger partial charge in [-0.3, -0.25) is 9.59 Å². The van der Waals surface area contributed by atoms with Crippen molar-refractivity contribution in [3.63, 3.8) is 0 Å². The van der Waals surface area contributed by atoms with Crippen LogP contribution in [-0.2, 0) is 6.42 Å². The highest BCUT2D eigenvalue weighted by Crippen LogP contribution is 2.39. The predicted molar refractivity (Wildman–Crippen MR) is 114 cm³/mol. The van der Waals surface area contributed by atoms with E-state index in [1.165, 1.54) is 30.0 Å².